The van der Waals surface area contributed by atoms with E-state index in [-0.39, 0.29) is 18.0 Å². The molecule has 1 aliphatic rings. The second-order valence-electron chi connectivity index (χ2n) is 7.08. The van der Waals surface area contributed by atoms with Crippen LogP contribution in [-0.4, -0.2) is 12.1 Å². The van der Waals surface area contributed by atoms with E-state index in [1.54, 1.807) is 6.07 Å². The first-order valence-electron chi connectivity index (χ1n) is 8.02. The zero-order valence-electron chi connectivity index (χ0n) is 13.7. The van der Waals surface area contributed by atoms with Crippen LogP contribution in [0.1, 0.15) is 52.0 Å². The maximum Gasteiger partial charge on any atom is 0.123 e. The Morgan fingerprint density at radius 3 is 2.67 bits per heavy atom. The third kappa shape index (κ3) is 3.76. The molecule has 1 saturated carbocycles. The van der Waals surface area contributed by atoms with Crippen LogP contribution >= 0.6 is 0 Å². The summed E-state index contributed by atoms with van der Waals surface area (Å²) in [4.78, 5) is 0. The van der Waals surface area contributed by atoms with Crippen molar-refractivity contribution in [2.75, 3.05) is 0 Å². The van der Waals surface area contributed by atoms with Gasteiger partial charge in [0, 0.05) is 6.04 Å². The topological polar surface area (TPSA) is 35.2 Å². The highest BCUT2D eigenvalue weighted by Crippen LogP contribution is 2.41. The van der Waals surface area contributed by atoms with Crippen molar-refractivity contribution >= 4 is 0 Å². The Morgan fingerprint density at radius 1 is 1.33 bits per heavy atom. The number of halogens is 1. The van der Waals surface area contributed by atoms with Crippen molar-refractivity contribution < 1.29 is 9.13 Å². The number of hydrogen-bond acceptors (Lipinski definition) is 2. The van der Waals surface area contributed by atoms with Crippen LogP contribution in [0.4, 0.5) is 4.39 Å². The second kappa shape index (κ2) is 6.35. The van der Waals surface area contributed by atoms with E-state index in [1.165, 1.54) is 18.6 Å². The average Bonchev–Trinajstić information content (AvgIpc) is 2.43. The Labute approximate surface area is 127 Å². The minimum Gasteiger partial charge on any atom is -0.489 e. The van der Waals surface area contributed by atoms with Crippen LogP contribution in [0.25, 0.3) is 0 Å². The molecule has 0 amide bonds. The molecule has 2 N–H and O–H groups in total. The smallest absolute Gasteiger partial charge is 0.123 e. The van der Waals surface area contributed by atoms with Crippen molar-refractivity contribution in [1.82, 2.24) is 0 Å². The largest absolute Gasteiger partial charge is 0.489 e. The van der Waals surface area contributed by atoms with Gasteiger partial charge in [0.1, 0.15) is 17.7 Å². The van der Waals surface area contributed by atoms with Crippen LogP contribution in [0.15, 0.2) is 18.2 Å². The molecular formula is C18H28FNO. The molecule has 3 heteroatoms. The van der Waals surface area contributed by atoms with Crippen LogP contribution < -0.4 is 10.5 Å². The summed E-state index contributed by atoms with van der Waals surface area (Å²) >= 11 is 0. The molecule has 1 aromatic rings. The molecule has 0 heterocycles. The number of rotatable bonds is 4. The summed E-state index contributed by atoms with van der Waals surface area (Å²) in [7, 11) is 0. The summed E-state index contributed by atoms with van der Waals surface area (Å²) in [5.74, 6) is 1.16. The predicted molar refractivity (Wildman–Crippen MR) is 84.9 cm³/mol. The van der Waals surface area contributed by atoms with Gasteiger partial charge >= 0.3 is 0 Å². The second-order valence-corrected chi connectivity index (χ2v) is 7.08. The lowest BCUT2D eigenvalue weighted by atomic mass is 9.68. The lowest BCUT2D eigenvalue weighted by molar-refractivity contribution is 0.0498. The first-order chi connectivity index (χ1) is 9.83. The lowest BCUT2D eigenvalue weighted by Gasteiger charge is -2.42. The quantitative estimate of drug-likeness (QED) is 0.890. The van der Waals surface area contributed by atoms with Gasteiger partial charge < -0.3 is 10.5 Å². The summed E-state index contributed by atoms with van der Waals surface area (Å²) < 4.78 is 19.3. The molecule has 1 aromatic carbocycles. The van der Waals surface area contributed by atoms with E-state index in [2.05, 4.69) is 20.8 Å². The zero-order chi connectivity index (χ0) is 15.6. The molecule has 3 unspecified atom stereocenters. The summed E-state index contributed by atoms with van der Waals surface area (Å²) in [6.07, 6.45) is 4.34. The monoisotopic (exact) mass is 293 g/mol. The molecule has 0 spiro atoms. The van der Waals surface area contributed by atoms with Crippen molar-refractivity contribution in [3.05, 3.63) is 29.6 Å². The molecule has 118 valence electrons. The van der Waals surface area contributed by atoms with E-state index in [1.807, 2.05) is 6.92 Å². The minimum atomic E-state index is -0.224. The maximum absolute atomic E-state index is 13.2. The first-order valence-corrected chi connectivity index (χ1v) is 8.02. The van der Waals surface area contributed by atoms with E-state index in [0.29, 0.717) is 11.3 Å². The van der Waals surface area contributed by atoms with Crippen molar-refractivity contribution in [3.63, 3.8) is 0 Å². The van der Waals surface area contributed by atoms with Gasteiger partial charge in [0.2, 0.25) is 0 Å². The van der Waals surface area contributed by atoms with Gasteiger partial charge in [-0.15, -0.1) is 0 Å². The van der Waals surface area contributed by atoms with E-state index in [4.69, 9.17) is 10.5 Å². The van der Waals surface area contributed by atoms with Crippen LogP contribution in [0.5, 0.6) is 5.75 Å². The standard InChI is InChI=1S/C18H28FNO/c1-5-18(3,4)13-6-8-15(20)17(11-13)21-16-9-7-14(19)10-12(16)2/h7,9-10,13,15,17H,5-6,8,11,20H2,1-4H3. The summed E-state index contributed by atoms with van der Waals surface area (Å²) in [5, 5.41) is 0. The maximum atomic E-state index is 13.2. The molecule has 1 aliphatic carbocycles. The van der Waals surface area contributed by atoms with Crippen molar-refractivity contribution in [2.24, 2.45) is 17.1 Å². The highest BCUT2D eigenvalue weighted by Gasteiger charge is 2.37. The van der Waals surface area contributed by atoms with Gasteiger partial charge in [0.05, 0.1) is 0 Å². The highest BCUT2D eigenvalue weighted by molar-refractivity contribution is 5.33. The van der Waals surface area contributed by atoms with Gasteiger partial charge in [-0.3, -0.25) is 0 Å². The molecule has 3 atom stereocenters. The van der Waals surface area contributed by atoms with Crippen LogP contribution in [-0.2, 0) is 0 Å². The third-order valence-corrected chi connectivity index (χ3v) is 5.27. The minimum absolute atomic E-state index is 0.0266. The molecule has 21 heavy (non-hydrogen) atoms. The molecule has 2 rings (SSSR count). The Hall–Kier alpha value is -1.09. The van der Waals surface area contributed by atoms with E-state index >= 15 is 0 Å². The van der Waals surface area contributed by atoms with Crippen LogP contribution in [0.2, 0.25) is 0 Å². The van der Waals surface area contributed by atoms with Crippen molar-refractivity contribution in [2.45, 2.75) is 65.5 Å². The molecular weight excluding hydrogens is 265 g/mol. The summed E-state index contributed by atoms with van der Waals surface area (Å²) in [6, 6.07) is 4.74. The van der Waals surface area contributed by atoms with Gasteiger partial charge in [-0.05, 0) is 61.3 Å². The SMILES string of the molecule is CCC(C)(C)C1CCC(N)C(Oc2ccc(F)cc2C)C1. The van der Waals surface area contributed by atoms with Gasteiger partial charge in [0.25, 0.3) is 0 Å². The highest BCUT2D eigenvalue weighted by atomic mass is 19.1. The average molecular weight is 293 g/mol. The number of ether oxygens (including phenoxy) is 1. The lowest BCUT2D eigenvalue weighted by Crippen LogP contribution is -2.46. The third-order valence-electron chi connectivity index (χ3n) is 5.27. The Balaban J connectivity index is 2.10. The predicted octanol–water partition coefficient (Wildman–Crippen LogP) is 4.45. The fourth-order valence-electron chi connectivity index (χ4n) is 3.19. The fraction of sp³-hybridized carbons (Fsp3) is 0.667. The molecule has 2 nitrogen and oxygen atoms in total. The normalized spacial score (nSPS) is 26.7. The van der Waals surface area contributed by atoms with Crippen LogP contribution in [0.3, 0.4) is 0 Å². The zero-order valence-corrected chi connectivity index (χ0v) is 13.7. The van der Waals surface area contributed by atoms with Crippen molar-refractivity contribution in [1.29, 1.82) is 0 Å². The Morgan fingerprint density at radius 2 is 2.05 bits per heavy atom. The van der Waals surface area contributed by atoms with E-state index in [0.717, 1.165) is 30.6 Å². The molecule has 0 bridgehead atoms. The molecule has 0 saturated heterocycles. The molecule has 1 fully saturated rings. The number of hydrogen-bond donors (Lipinski definition) is 1. The number of nitrogens with two attached hydrogens (primary N) is 1. The Kier molecular flexibility index (Phi) is 4.92. The van der Waals surface area contributed by atoms with Gasteiger partial charge in [-0.25, -0.2) is 4.39 Å². The van der Waals surface area contributed by atoms with E-state index < -0.39 is 0 Å². The Bertz CT molecular complexity index is 486. The molecule has 0 aliphatic heterocycles. The van der Waals surface area contributed by atoms with Crippen molar-refractivity contribution in [3.8, 4) is 5.75 Å². The fourth-order valence-corrected chi connectivity index (χ4v) is 3.19. The number of benzene rings is 1. The summed E-state index contributed by atoms with van der Waals surface area (Å²) in [6.45, 7) is 8.78. The van der Waals surface area contributed by atoms with Gasteiger partial charge in [-0.2, -0.15) is 0 Å². The molecule has 0 aromatic heterocycles. The number of aryl methyl sites for hydroxylation is 1. The summed E-state index contributed by atoms with van der Waals surface area (Å²) in [5.41, 5.74) is 7.41. The van der Waals surface area contributed by atoms with E-state index in [9.17, 15) is 4.39 Å². The van der Waals surface area contributed by atoms with Gasteiger partial charge in [0.15, 0.2) is 0 Å². The first kappa shape index (κ1) is 16.3. The van der Waals surface area contributed by atoms with Crippen LogP contribution in [0, 0.1) is 24.1 Å². The van der Waals surface area contributed by atoms with Gasteiger partial charge in [-0.1, -0.05) is 27.2 Å². The molecule has 0 radical (unpaired) electrons.